The van der Waals surface area contributed by atoms with Crippen LogP contribution in [0.4, 0.5) is 0 Å². The number of hydrogen-bond donors (Lipinski definition) is 5. The Kier molecular flexibility index (Phi) is 8.91. The van der Waals surface area contributed by atoms with E-state index >= 15 is 0 Å². The molecule has 0 aromatic carbocycles. The van der Waals surface area contributed by atoms with Gasteiger partial charge in [-0.2, -0.15) is 0 Å². The molecule has 0 rings (SSSR count). The molecule has 10 nitrogen and oxygen atoms in total. The van der Waals surface area contributed by atoms with E-state index in [0.717, 1.165) is 0 Å². The van der Waals surface area contributed by atoms with Crippen LogP contribution in [0.3, 0.4) is 0 Å². The normalized spacial score (nSPS) is 11.1. The van der Waals surface area contributed by atoms with Gasteiger partial charge in [0.25, 0.3) is 0 Å². The monoisotopic (exact) mass is 315 g/mol. The van der Waals surface area contributed by atoms with E-state index in [1.54, 1.807) is 0 Å². The predicted octanol–water partition coefficient (Wildman–Crippen LogP) is -2.30. The summed E-state index contributed by atoms with van der Waals surface area (Å²) >= 11 is 0. The zero-order valence-electron chi connectivity index (χ0n) is 12.3. The topological polar surface area (TPSA) is 177 Å². The smallest absolute Gasteiger partial charge is 0.312 e. The molecule has 0 aliphatic carbocycles. The number of guanidine groups is 1. The molecule has 0 unspecified atom stereocenters. The Morgan fingerprint density at radius 3 is 2.32 bits per heavy atom. The van der Waals surface area contributed by atoms with Crippen LogP contribution in [0.5, 0.6) is 0 Å². The summed E-state index contributed by atoms with van der Waals surface area (Å²) < 4.78 is 0. The number of carbonyl (C=O) groups excluding carboxylic acids is 3. The lowest BCUT2D eigenvalue weighted by Crippen LogP contribution is -2.45. The molecule has 0 aliphatic rings. The second-order valence-electron chi connectivity index (χ2n) is 4.53. The molecule has 0 bridgehead atoms. The van der Waals surface area contributed by atoms with Gasteiger partial charge in [0.05, 0.1) is 12.6 Å². The van der Waals surface area contributed by atoms with E-state index < -0.39 is 36.8 Å². The minimum Gasteiger partial charge on any atom is -0.481 e. The van der Waals surface area contributed by atoms with Crippen molar-refractivity contribution in [2.75, 3.05) is 13.1 Å². The number of carbonyl (C=O) groups is 4. The van der Waals surface area contributed by atoms with Crippen molar-refractivity contribution in [2.24, 2.45) is 16.5 Å². The Labute approximate surface area is 127 Å². The van der Waals surface area contributed by atoms with E-state index in [2.05, 4.69) is 15.6 Å². The molecule has 22 heavy (non-hydrogen) atoms. The van der Waals surface area contributed by atoms with Crippen LogP contribution in [0.2, 0.25) is 0 Å². The highest BCUT2D eigenvalue weighted by molar-refractivity contribution is 5.95. The maximum absolute atomic E-state index is 11.6. The number of rotatable bonds is 10. The predicted molar refractivity (Wildman–Crippen MR) is 77.8 cm³/mol. The van der Waals surface area contributed by atoms with Crippen LogP contribution in [0, 0.1) is 0 Å². The Morgan fingerprint density at radius 1 is 1.18 bits per heavy atom. The van der Waals surface area contributed by atoms with Gasteiger partial charge in [-0.25, -0.2) is 0 Å². The number of carboxylic acid groups (broad SMARTS) is 1. The molecule has 0 fully saturated rings. The van der Waals surface area contributed by atoms with E-state index in [1.165, 1.54) is 6.92 Å². The van der Waals surface area contributed by atoms with Gasteiger partial charge in [0.1, 0.15) is 6.42 Å². The summed E-state index contributed by atoms with van der Waals surface area (Å²) in [5.74, 6) is -2.95. The molecule has 2 amide bonds. The molecule has 0 heterocycles. The third kappa shape index (κ3) is 10.2. The van der Waals surface area contributed by atoms with Gasteiger partial charge in [0.2, 0.25) is 11.8 Å². The minimum absolute atomic E-state index is 0.0513. The fourth-order valence-corrected chi connectivity index (χ4v) is 1.50. The fraction of sp³-hybridized carbons (Fsp3) is 0.583. The van der Waals surface area contributed by atoms with E-state index in [-0.39, 0.29) is 11.7 Å². The summed E-state index contributed by atoms with van der Waals surface area (Å²) in [5, 5.41) is 13.0. The van der Waals surface area contributed by atoms with Crippen LogP contribution in [-0.4, -0.2) is 53.8 Å². The highest BCUT2D eigenvalue weighted by Gasteiger charge is 2.17. The van der Waals surface area contributed by atoms with Crippen LogP contribution in [-0.2, 0) is 19.2 Å². The lowest BCUT2D eigenvalue weighted by molar-refractivity contribution is -0.141. The van der Waals surface area contributed by atoms with Crippen LogP contribution in [0.15, 0.2) is 4.99 Å². The molecule has 0 aliphatic heterocycles. The van der Waals surface area contributed by atoms with Gasteiger partial charge in [-0.15, -0.1) is 0 Å². The average Bonchev–Trinajstić information content (AvgIpc) is 2.38. The Balaban J connectivity index is 4.18. The third-order valence-corrected chi connectivity index (χ3v) is 2.53. The van der Waals surface area contributed by atoms with Crippen LogP contribution >= 0.6 is 0 Å². The lowest BCUT2D eigenvalue weighted by Gasteiger charge is -2.15. The van der Waals surface area contributed by atoms with Gasteiger partial charge in [-0.05, 0) is 19.8 Å². The first-order valence-electron chi connectivity index (χ1n) is 6.56. The summed E-state index contributed by atoms with van der Waals surface area (Å²) in [6, 6.07) is -0.710. The second kappa shape index (κ2) is 10.1. The average molecular weight is 315 g/mol. The van der Waals surface area contributed by atoms with Crippen molar-refractivity contribution in [1.29, 1.82) is 0 Å². The van der Waals surface area contributed by atoms with E-state index in [4.69, 9.17) is 16.6 Å². The first-order valence-corrected chi connectivity index (χ1v) is 6.56. The SMILES string of the molecule is CC(=O)[C@H](CCCN=C(N)N)NC(=O)CNC(=O)CC(=O)O. The van der Waals surface area contributed by atoms with Gasteiger partial charge in [-0.1, -0.05) is 0 Å². The van der Waals surface area contributed by atoms with Gasteiger partial charge in [0.15, 0.2) is 11.7 Å². The number of nitrogens with zero attached hydrogens (tertiary/aromatic N) is 1. The number of nitrogens with two attached hydrogens (primary N) is 2. The zero-order valence-corrected chi connectivity index (χ0v) is 12.3. The first kappa shape index (κ1) is 19.4. The molecule has 0 spiro atoms. The van der Waals surface area contributed by atoms with Crippen molar-refractivity contribution in [1.82, 2.24) is 10.6 Å². The van der Waals surface area contributed by atoms with Gasteiger partial charge < -0.3 is 27.2 Å². The highest BCUT2D eigenvalue weighted by atomic mass is 16.4. The number of aliphatic carboxylic acids is 1. The van der Waals surface area contributed by atoms with Crippen LogP contribution in [0.1, 0.15) is 26.2 Å². The molecule has 0 saturated carbocycles. The molecule has 124 valence electrons. The van der Waals surface area contributed by atoms with Gasteiger partial charge in [-0.3, -0.25) is 24.2 Å². The van der Waals surface area contributed by atoms with E-state index in [0.29, 0.717) is 19.4 Å². The number of nitrogens with one attached hydrogen (secondary N) is 2. The number of aliphatic imine (C=N–C) groups is 1. The van der Waals surface area contributed by atoms with Crippen molar-refractivity contribution >= 4 is 29.5 Å². The Morgan fingerprint density at radius 2 is 1.82 bits per heavy atom. The zero-order chi connectivity index (χ0) is 17.1. The number of carboxylic acids is 1. The molecule has 0 saturated heterocycles. The van der Waals surface area contributed by atoms with Crippen molar-refractivity contribution in [3.05, 3.63) is 0 Å². The largest absolute Gasteiger partial charge is 0.481 e. The number of hydrogen-bond acceptors (Lipinski definition) is 5. The summed E-state index contributed by atoms with van der Waals surface area (Å²) in [7, 11) is 0. The molecule has 0 aromatic heterocycles. The number of ketones is 1. The number of Topliss-reactive ketones (excluding diaryl/α,β-unsaturated/α-hetero) is 1. The summed E-state index contributed by atoms with van der Waals surface area (Å²) in [6.45, 7) is 1.26. The van der Waals surface area contributed by atoms with Crippen molar-refractivity contribution in [3.63, 3.8) is 0 Å². The third-order valence-electron chi connectivity index (χ3n) is 2.53. The van der Waals surface area contributed by atoms with Crippen molar-refractivity contribution < 1.29 is 24.3 Å². The summed E-state index contributed by atoms with van der Waals surface area (Å²) in [5.41, 5.74) is 10.3. The molecule has 7 N–H and O–H groups in total. The Hall–Kier alpha value is -2.65. The van der Waals surface area contributed by atoms with E-state index in [1.807, 2.05) is 0 Å². The summed E-state index contributed by atoms with van der Waals surface area (Å²) in [6.07, 6.45) is 0.122. The minimum atomic E-state index is -1.29. The molecular formula is C12H21N5O5. The molecule has 1 atom stereocenters. The van der Waals surface area contributed by atoms with Crippen molar-refractivity contribution in [3.8, 4) is 0 Å². The maximum atomic E-state index is 11.6. The molecule has 0 radical (unpaired) electrons. The standard InChI is InChI=1S/C12H21N5O5/c1-7(18)8(3-2-4-15-12(13)14)17-10(20)6-16-9(19)5-11(21)22/h8H,2-6H2,1H3,(H,16,19)(H,17,20)(H,21,22)(H4,13,14,15)/t8-/m0/s1. The molecule has 10 heteroatoms. The molecular weight excluding hydrogens is 294 g/mol. The van der Waals surface area contributed by atoms with Crippen molar-refractivity contribution in [2.45, 2.75) is 32.2 Å². The van der Waals surface area contributed by atoms with E-state index in [9.17, 15) is 19.2 Å². The van der Waals surface area contributed by atoms with Crippen LogP contribution in [0.25, 0.3) is 0 Å². The quantitative estimate of drug-likeness (QED) is 0.130. The van der Waals surface area contributed by atoms with Gasteiger partial charge >= 0.3 is 5.97 Å². The fourth-order valence-electron chi connectivity index (χ4n) is 1.50. The first-order chi connectivity index (χ1) is 10.2. The lowest BCUT2D eigenvalue weighted by atomic mass is 10.1. The Bertz CT molecular complexity index is 459. The van der Waals surface area contributed by atoms with Crippen LogP contribution < -0.4 is 22.1 Å². The molecule has 0 aromatic rings. The maximum Gasteiger partial charge on any atom is 0.312 e. The second-order valence-corrected chi connectivity index (χ2v) is 4.53. The highest BCUT2D eigenvalue weighted by Crippen LogP contribution is 1.99. The number of amides is 2. The summed E-state index contributed by atoms with van der Waals surface area (Å²) in [4.78, 5) is 48.1. The van der Waals surface area contributed by atoms with Gasteiger partial charge in [0, 0.05) is 6.54 Å².